The highest BCUT2D eigenvalue weighted by atomic mass is 35.5. The maximum atomic E-state index is 5.85. The zero-order chi connectivity index (χ0) is 13.8. The molecule has 2 rings (SSSR count). The van der Waals surface area contributed by atoms with Gasteiger partial charge in [-0.25, -0.2) is 0 Å². The fraction of sp³-hybridized carbons (Fsp3) is 0.455. The fourth-order valence-corrected chi connectivity index (χ4v) is 1.73. The van der Waals surface area contributed by atoms with Crippen molar-refractivity contribution in [3.05, 3.63) is 23.2 Å². The fourth-order valence-electron chi connectivity index (χ4n) is 1.58. The van der Waals surface area contributed by atoms with Crippen LogP contribution in [0.4, 0.5) is 5.95 Å². The highest BCUT2D eigenvalue weighted by Gasteiger charge is 2.11. The van der Waals surface area contributed by atoms with E-state index in [1.165, 1.54) is 0 Å². The number of aryl methyl sites for hydroxylation is 1. The summed E-state index contributed by atoms with van der Waals surface area (Å²) in [7, 11) is 3.74. The maximum absolute atomic E-state index is 5.85. The van der Waals surface area contributed by atoms with Crippen LogP contribution in [-0.4, -0.2) is 38.4 Å². The number of aromatic nitrogens is 5. The molecule has 19 heavy (non-hydrogen) atoms. The summed E-state index contributed by atoms with van der Waals surface area (Å²) < 4.78 is 6.99. The summed E-state index contributed by atoms with van der Waals surface area (Å²) in [5.74, 6) is 0.465. The van der Waals surface area contributed by atoms with Gasteiger partial charge in [-0.05, 0) is 18.5 Å². The molecule has 0 aliphatic heterocycles. The molecule has 102 valence electrons. The van der Waals surface area contributed by atoms with E-state index < -0.39 is 0 Å². The van der Waals surface area contributed by atoms with Gasteiger partial charge >= 0.3 is 6.01 Å². The van der Waals surface area contributed by atoms with Gasteiger partial charge in [0.25, 0.3) is 0 Å². The standard InChI is InChI=1S/C11H15ClN6O/c1-4-19-11-15-9(12)14-10(16-11)17(2)6-8-5-13-18(3)7-8/h5,7H,4,6H2,1-3H3. The summed E-state index contributed by atoms with van der Waals surface area (Å²) >= 11 is 5.85. The molecule has 8 heteroatoms. The van der Waals surface area contributed by atoms with Crippen LogP contribution in [0.2, 0.25) is 5.28 Å². The Hall–Kier alpha value is -1.89. The van der Waals surface area contributed by atoms with Crippen LogP contribution in [0.3, 0.4) is 0 Å². The van der Waals surface area contributed by atoms with Gasteiger partial charge in [0.15, 0.2) is 0 Å². The van der Waals surface area contributed by atoms with E-state index in [9.17, 15) is 0 Å². The molecule has 0 aliphatic carbocycles. The van der Waals surface area contributed by atoms with Crippen molar-refractivity contribution in [3.8, 4) is 6.01 Å². The van der Waals surface area contributed by atoms with Crippen molar-refractivity contribution in [3.63, 3.8) is 0 Å². The predicted molar refractivity (Wildman–Crippen MR) is 71.3 cm³/mol. The summed E-state index contributed by atoms with van der Waals surface area (Å²) in [5, 5.41) is 4.23. The lowest BCUT2D eigenvalue weighted by atomic mass is 10.3. The first-order valence-electron chi connectivity index (χ1n) is 5.81. The van der Waals surface area contributed by atoms with Crippen molar-refractivity contribution >= 4 is 17.5 Å². The Morgan fingerprint density at radius 3 is 2.79 bits per heavy atom. The van der Waals surface area contributed by atoms with E-state index in [0.717, 1.165) is 5.56 Å². The minimum absolute atomic E-state index is 0.117. The smallest absolute Gasteiger partial charge is 0.322 e. The number of anilines is 1. The maximum Gasteiger partial charge on any atom is 0.322 e. The Kier molecular flexibility index (Phi) is 4.16. The van der Waals surface area contributed by atoms with Crippen molar-refractivity contribution in [2.75, 3.05) is 18.6 Å². The third-order valence-corrected chi connectivity index (χ3v) is 2.54. The molecule has 7 nitrogen and oxygen atoms in total. The lowest BCUT2D eigenvalue weighted by molar-refractivity contribution is 0.311. The Labute approximate surface area is 116 Å². The first kappa shape index (κ1) is 13.5. The normalized spacial score (nSPS) is 10.5. The molecule has 0 aliphatic rings. The average Bonchev–Trinajstić information content (AvgIpc) is 2.74. The monoisotopic (exact) mass is 282 g/mol. The van der Waals surface area contributed by atoms with Gasteiger partial charge in [0.2, 0.25) is 11.2 Å². The number of hydrogen-bond acceptors (Lipinski definition) is 6. The number of halogens is 1. The predicted octanol–water partition coefficient (Wildman–Crippen LogP) is 1.29. The van der Waals surface area contributed by atoms with Crippen molar-refractivity contribution in [1.29, 1.82) is 0 Å². The highest BCUT2D eigenvalue weighted by Crippen LogP contribution is 2.15. The van der Waals surface area contributed by atoms with E-state index in [4.69, 9.17) is 16.3 Å². The van der Waals surface area contributed by atoms with Crippen molar-refractivity contribution in [2.45, 2.75) is 13.5 Å². The lowest BCUT2D eigenvalue weighted by Crippen LogP contribution is -2.19. The third-order valence-electron chi connectivity index (χ3n) is 2.37. The van der Waals surface area contributed by atoms with Gasteiger partial charge in [0.05, 0.1) is 12.8 Å². The summed E-state index contributed by atoms with van der Waals surface area (Å²) in [6.45, 7) is 2.96. The van der Waals surface area contributed by atoms with Crippen LogP contribution in [0.15, 0.2) is 12.4 Å². The van der Waals surface area contributed by atoms with Gasteiger partial charge in [-0.3, -0.25) is 4.68 Å². The molecule has 0 unspecified atom stereocenters. The first-order valence-corrected chi connectivity index (χ1v) is 6.19. The van der Waals surface area contributed by atoms with Gasteiger partial charge < -0.3 is 9.64 Å². The second-order valence-electron chi connectivity index (χ2n) is 4.00. The quantitative estimate of drug-likeness (QED) is 0.823. The summed E-state index contributed by atoms with van der Waals surface area (Å²) in [4.78, 5) is 14.0. The van der Waals surface area contributed by atoms with E-state index >= 15 is 0 Å². The summed E-state index contributed by atoms with van der Waals surface area (Å²) in [6, 6.07) is 0.232. The molecule has 2 aromatic rings. The van der Waals surface area contributed by atoms with E-state index in [0.29, 0.717) is 19.1 Å². The second kappa shape index (κ2) is 5.83. The minimum atomic E-state index is 0.117. The third kappa shape index (κ3) is 3.54. The highest BCUT2D eigenvalue weighted by molar-refractivity contribution is 6.28. The molecule has 2 aromatic heterocycles. The van der Waals surface area contributed by atoms with Crippen LogP contribution in [0, 0.1) is 0 Å². The number of rotatable bonds is 5. The van der Waals surface area contributed by atoms with Crippen LogP contribution >= 0.6 is 11.6 Å². The Bertz CT molecular complexity index is 558. The molecular formula is C11H15ClN6O. The summed E-state index contributed by atoms with van der Waals surface area (Å²) in [6.07, 6.45) is 3.73. The molecule has 0 saturated carbocycles. The van der Waals surface area contributed by atoms with Crippen molar-refractivity contribution in [2.24, 2.45) is 7.05 Å². The molecule has 0 bridgehead atoms. The van der Waals surface area contributed by atoms with Crippen molar-refractivity contribution < 1.29 is 4.74 Å². The van der Waals surface area contributed by atoms with Crippen LogP contribution in [0.1, 0.15) is 12.5 Å². The Morgan fingerprint density at radius 2 is 2.16 bits per heavy atom. The second-order valence-corrected chi connectivity index (χ2v) is 4.34. The average molecular weight is 283 g/mol. The van der Waals surface area contributed by atoms with Crippen molar-refractivity contribution in [1.82, 2.24) is 24.7 Å². The van der Waals surface area contributed by atoms with E-state index in [2.05, 4.69) is 20.1 Å². The molecule has 2 heterocycles. The molecule has 0 saturated heterocycles. The molecule has 0 fully saturated rings. The van der Waals surface area contributed by atoms with Gasteiger partial charge in [-0.1, -0.05) is 0 Å². The number of ether oxygens (including phenoxy) is 1. The van der Waals surface area contributed by atoms with Gasteiger partial charge in [-0.15, -0.1) is 0 Å². The van der Waals surface area contributed by atoms with E-state index in [-0.39, 0.29) is 11.3 Å². The molecule has 0 atom stereocenters. The zero-order valence-electron chi connectivity index (χ0n) is 11.0. The van der Waals surface area contributed by atoms with E-state index in [1.54, 1.807) is 10.9 Å². The minimum Gasteiger partial charge on any atom is -0.464 e. The van der Waals surface area contributed by atoms with Crippen LogP contribution in [-0.2, 0) is 13.6 Å². The van der Waals surface area contributed by atoms with Crippen LogP contribution in [0.25, 0.3) is 0 Å². The molecule has 0 amide bonds. The van der Waals surface area contributed by atoms with E-state index in [1.807, 2.05) is 32.1 Å². The summed E-state index contributed by atoms with van der Waals surface area (Å²) in [5.41, 5.74) is 1.06. The Morgan fingerprint density at radius 1 is 1.37 bits per heavy atom. The lowest BCUT2D eigenvalue weighted by Gasteiger charge is -2.16. The SMILES string of the molecule is CCOc1nc(Cl)nc(N(C)Cc2cnn(C)c2)n1. The van der Waals surface area contributed by atoms with Gasteiger partial charge in [0, 0.05) is 32.4 Å². The number of hydrogen-bond donors (Lipinski definition) is 0. The molecule has 0 radical (unpaired) electrons. The molecule has 0 N–H and O–H groups in total. The van der Waals surface area contributed by atoms with Crippen LogP contribution in [0.5, 0.6) is 6.01 Å². The molecule has 0 spiro atoms. The molecule has 0 aromatic carbocycles. The Balaban J connectivity index is 2.15. The topological polar surface area (TPSA) is 69.0 Å². The largest absolute Gasteiger partial charge is 0.464 e. The number of nitrogens with zero attached hydrogens (tertiary/aromatic N) is 6. The first-order chi connectivity index (χ1) is 9.08. The zero-order valence-corrected chi connectivity index (χ0v) is 11.8. The molecular weight excluding hydrogens is 268 g/mol. The van der Waals surface area contributed by atoms with Gasteiger partial charge in [-0.2, -0.15) is 20.1 Å². The van der Waals surface area contributed by atoms with Crippen LogP contribution < -0.4 is 9.64 Å². The van der Waals surface area contributed by atoms with Gasteiger partial charge in [0.1, 0.15) is 0 Å².